The van der Waals surface area contributed by atoms with Gasteiger partial charge in [0.2, 0.25) is 0 Å². The van der Waals surface area contributed by atoms with Crippen molar-refractivity contribution in [1.29, 1.82) is 0 Å². The lowest BCUT2D eigenvalue weighted by Gasteiger charge is -2.34. The van der Waals surface area contributed by atoms with Crippen LogP contribution in [0.15, 0.2) is 0 Å². The predicted octanol–water partition coefficient (Wildman–Crippen LogP) is 1.66. The number of rotatable bonds is 6. The molecule has 0 rings (SSSR count). The third-order valence-electron chi connectivity index (χ3n) is 1.41. The van der Waals surface area contributed by atoms with Crippen LogP contribution in [0, 0.1) is 0 Å². The van der Waals surface area contributed by atoms with Crippen molar-refractivity contribution in [2.75, 3.05) is 6.61 Å². The Labute approximate surface area is 81.8 Å². The molecule has 0 bridgehead atoms. The van der Waals surface area contributed by atoms with Crippen LogP contribution in [-0.2, 0) is 9.15 Å². The molecule has 80 valence electrons. The van der Waals surface area contributed by atoms with Gasteiger partial charge < -0.3 is 9.42 Å². The molecule has 0 aliphatic heterocycles. The van der Waals surface area contributed by atoms with Crippen molar-refractivity contribution in [2.45, 2.75) is 46.7 Å². The van der Waals surface area contributed by atoms with E-state index < -0.39 is 8.60 Å². The van der Waals surface area contributed by atoms with Crippen LogP contribution in [0.4, 0.5) is 0 Å². The van der Waals surface area contributed by atoms with Gasteiger partial charge in [0.1, 0.15) is 8.60 Å². The highest BCUT2D eigenvalue weighted by molar-refractivity contribution is 7.38. The second-order valence-electron chi connectivity index (χ2n) is 3.27. The number of hydroxylamine groups is 2. The van der Waals surface area contributed by atoms with E-state index in [0.29, 0.717) is 6.61 Å². The number of hydrogen-bond acceptors (Lipinski definition) is 4. The van der Waals surface area contributed by atoms with Gasteiger partial charge in [-0.2, -0.15) is 5.06 Å². The van der Waals surface area contributed by atoms with Crippen molar-refractivity contribution in [3.63, 3.8) is 0 Å². The summed E-state index contributed by atoms with van der Waals surface area (Å²) in [4.78, 5) is 11.1. The standard InChI is InChI=1S/C8H19NO3P/c1-6-11-13(10)12-9(7(2)3)8(4)5/h7-8H,6H2,1-5H3/q-1. The maximum atomic E-state index is 11.1. The van der Waals surface area contributed by atoms with E-state index in [2.05, 4.69) is 0 Å². The zero-order valence-electron chi connectivity index (χ0n) is 8.98. The molecule has 0 aromatic heterocycles. The summed E-state index contributed by atoms with van der Waals surface area (Å²) in [5.41, 5.74) is 0. The molecule has 13 heavy (non-hydrogen) atoms. The first-order valence-corrected chi connectivity index (χ1v) is 5.65. The van der Waals surface area contributed by atoms with Crippen LogP contribution >= 0.6 is 8.60 Å². The minimum atomic E-state index is -2.01. The maximum Gasteiger partial charge on any atom is 0.109 e. The van der Waals surface area contributed by atoms with Crippen LogP contribution in [0.2, 0.25) is 0 Å². The Bertz CT molecular complexity index is 125. The summed E-state index contributed by atoms with van der Waals surface area (Å²) in [6, 6.07) is 0.388. The predicted molar refractivity (Wildman–Crippen MR) is 51.7 cm³/mol. The molecule has 5 heteroatoms. The van der Waals surface area contributed by atoms with Gasteiger partial charge in [-0.05, 0) is 34.6 Å². The first-order valence-electron chi connectivity index (χ1n) is 4.55. The zero-order chi connectivity index (χ0) is 10.4. The largest absolute Gasteiger partial charge is 0.785 e. The van der Waals surface area contributed by atoms with Crippen molar-refractivity contribution < 1.29 is 14.0 Å². The zero-order valence-corrected chi connectivity index (χ0v) is 9.88. The summed E-state index contributed by atoms with van der Waals surface area (Å²) in [6.45, 7) is 10.1. The SMILES string of the molecule is CCOP([O-])ON(C(C)C)C(C)C. The van der Waals surface area contributed by atoms with Gasteiger partial charge in [-0.15, -0.1) is 0 Å². The molecule has 0 aromatic carbocycles. The Morgan fingerprint density at radius 1 is 1.23 bits per heavy atom. The minimum Gasteiger partial charge on any atom is -0.785 e. The fourth-order valence-corrected chi connectivity index (χ4v) is 1.78. The molecular formula is C8H19NO3P-. The summed E-state index contributed by atoms with van der Waals surface area (Å²) in [5.74, 6) is 0. The summed E-state index contributed by atoms with van der Waals surface area (Å²) in [6.07, 6.45) is 0. The number of nitrogens with zero attached hydrogens (tertiary/aromatic N) is 1. The normalized spacial score (nSPS) is 14.5. The molecule has 0 aliphatic rings. The third-order valence-corrected chi connectivity index (χ3v) is 2.20. The lowest BCUT2D eigenvalue weighted by molar-refractivity contribution is -0.244. The molecule has 0 N–H and O–H groups in total. The van der Waals surface area contributed by atoms with Gasteiger partial charge in [0, 0.05) is 18.7 Å². The highest BCUT2D eigenvalue weighted by Gasteiger charge is 2.15. The molecule has 4 nitrogen and oxygen atoms in total. The first-order chi connectivity index (χ1) is 5.99. The third kappa shape index (κ3) is 5.55. The van der Waals surface area contributed by atoms with E-state index in [0.717, 1.165) is 0 Å². The Morgan fingerprint density at radius 2 is 1.69 bits per heavy atom. The van der Waals surface area contributed by atoms with Crippen LogP contribution in [0.3, 0.4) is 0 Å². The van der Waals surface area contributed by atoms with E-state index >= 15 is 0 Å². The molecule has 1 atom stereocenters. The van der Waals surface area contributed by atoms with E-state index in [9.17, 15) is 4.89 Å². The van der Waals surface area contributed by atoms with Crippen LogP contribution in [0.5, 0.6) is 0 Å². The fourth-order valence-electron chi connectivity index (χ4n) is 0.991. The topological polar surface area (TPSA) is 44.8 Å². The van der Waals surface area contributed by atoms with Gasteiger partial charge in [0.05, 0.1) is 0 Å². The van der Waals surface area contributed by atoms with Crippen molar-refractivity contribution in [3.05, 3.63) is 0 Å². The van der Waals surface area contributed by atoms with Crippen molar-refractivity contribution in [1.82, 2.24) is 5.06 Å². The average molecular weight is 208 g/mol. The van der Waals surface area contributed by atoms with Gasteiger partial charge in [-0.1, -0.05) is 0 Å². The molecule has 0 fully saturated rings. The quantitative estimate of drug-likeness (QED) is 0.492. The summed E-state index contributed by atoms with van der Waals surface area (Å²) >= 11 is 0. The van der Waals surface area contributed by atoms with Gasteiger partial charge in [0.25, 0.3) is 0 Å². The van der Waals surface area contributed by atoms with E-state index in [1.807, 2.05) is 27.7 Å². The van der Waals surface area contributed by atoms with Crippen LogP contribution < -0.4 is 4.89 Å². The average Bonchev–Trinajstić information content (AvgIpc) is 1.99. The lowest BCUT2D eigenvalue weighted by Crippen LogP contribution is -2.36. The van der Waals surface area contributed by atoms with Gasteiger partial charge in [-0.25, -0.2) is 0 Å². The van der Waals surface area contributed by atoms with Crippen molar-refractivity contribution >= 4 is 8.60 Å². The Morgan fingerprint density at radius 3 is 2.00 bits per heavy atom. The molecule has 0 aliphatic carbocycles. The highest BCUT2D eigenvalue weighted by Crippen LogP contribution is 2.30. The van der Waals surface area contributed by atoms with Crippen molar-refractivity contribution in [2.24, 2.45) is 0 Å². The summed E-state index contributed by atoms with van der Waals surface area (Å²) < 4.78 is 9.95. The Hall–Kier alpha value is 0.270. The molecule has 0 heterocycles. The maximum absolute atomic E-state index is 11.1. The second kappa shape index (κ2) is 6.68. The Balaban J connectivity index is 3.94. The van der Waals surface area contributed by atoms with Crippen LogP contribution in [0.25, 0.3) is 0 Å². The van der Waals surface area contributed by atoms with Gasteiger partial charge in [-0.3, -0.25) is 4.62 Å². The highest BCUT2D eigenvalue weighted by atomic mass is 31.2. The Kier molecular flexibility index (Phi) is 6.82. The minimum absolute atomic E-state index is 0.194. The monoisotopic (exact) mass is 208 g/mol. The molecule has 0 spiro atoms. The summed E-state index contributed by atoms with van der Waals surface area (Å²) in [5, 5.41) is 1.67. The van der Waals surface area contributed by atoms with Crippen molar-refractivity contribution in [3.8, 4) is 0 Å². The van der Waals surface area contributed by atoms with E-state index in [1.54, 1.807) is 12.0 Å². The first kappa shape index (κ1) is 13.3. The van der Waals surface area contributed by atoms with Gasteiger partial charge >= 0.3 is 0 Å². The molecule has 1 unspecified atom stereocenters. The smallest absolute Gasteiger partial charge is 0.109 e. The van der Waals surface area contributed by atoms with E-state index in [-0.39, 0.29) is 12.1 Å². The second-order valence-corrected chi connectivity index (χ2v) is 4.14. The van der Waals surface area contributed by atoms with E-state index in [4.69, 9.17) is 9.15 Å². The van der Waals surface area contributed by atoms with Gasteiger partial charge in [0.15, 0.2) is 0 Å². The molecule has 0 saturated carbocycles. The molecule has 0 radical (unpaired) electrons. The van der Waals surface area contributed by atoms with E-state index in [1.165, 1.54) is 0 Å². The molecule has 0 saturated heterocycles. The number of hydrogen-bond donors (Lipinski definition) is 0. The fraction of sp³-hybridized carbons (Fsp3) is 1.00. The van der Waals surface area contributed by atoms with Crippen LogP contribution in [-0.4, -0.2) is 23.8 Å². The molecule has 0 aromatic rings. The van der Waals surface area contributed by atoms with Crippen LogP contribution in [0.1, 0.15) is 34.6 Å². The lowest BCUT2D eigenvalue weighted by atomic mass is 10.3. The molecule has 0 amide bonds. The summed E-state index contributed by atoms with van der Waals surface area (Å²) in [7, 11) is -2.01. The molecular weight excluding hydrogens is 189 g/mol.